The van der Waals surface area contributed by atoms with Crippen LogP contribution in [-0.4, -0.2) is 30.2 Å². The molecule has 3 N–H and O–H groups in total. The Morgan fingerprint density at radius 3 is 2.62 bits per heavy atom. The zero-order valence-corrected chi connectivity index (χ0v) is 15.7. The molecular formula is C14H14Cl2FN5O3S. The second-order valence-electron chi connectivity index (χ2n) is 5.01. The van der Waals surface area contributed by atoms with E-state index in [-0.39, 0.29) is 33.1 Å². The Labute approximate surface area is 159 Å². The number of nitrogens with one attached hydrogen (secondary N) is 3. The van der Waals surface area contributed by atoms with E-state index in [4.69, 9.17) is 23.2 Å². The second-order valence-corrected chi connectivity index (χ2v) is 7.65. The summed E-state index contributed by atoms with van der Waals surface area (Å²) < 4.78 is 40.3. The zero-order chi connectivity index (χ0) is 19.3. The van der Waals surface area contributed by atoms with Crippen LogP contribution in [0.15, 0.2) is 24.5 Å². The summed E-state index contributed by atoms with van der Waals surface area (Å²) in [6.45, 7) is 1.67. The fourth-order valence-electron chi connectivity index (χ4n) is 1.90. The number of carbonyl (C=O) groups is 1. The van der Waals surface area contributed by atoms with Gasteiger partial charge in [-0.25, -0.2) is 27.6 Å². The maximum atomic E-state index is 14.6. The number of sulfonamides is 1. The van der Waals surface area contributed by atoms with Gasteiger partial charge in [0.2, 0.25) is 10.0 Å². The molecule has 8 nitrogen and oxygen atoms in total. The van der Waals surface area contributed by atoms with Crippen molar-refractivity contribution in [3.05, 3.63) is 40.5 Å². The molecule has 140 valence electrons. The monoisotopic (exact) mass is 421 g/mol. The third kappa shape index (κ3) is 5.41. The molecule has 0 bridgehead atoms. The molecule has 0 aliphatic heterocycles. The molecule has 0 saturated heterocycles. The van der Waals surface area contributed by atoms with Gasteiger partial charge in [0.1, 0.15) is 17.3 Å². The summed E-state index contributed by atoms with van der Waals surface area (Å²) in [5.41, 5.74) is -0.718. The number of urea groups is 1. The molecule has 2 amide bonds. The van der Waals surface area contributed by atoms with E-state index < -0.39 is 21.9 Å². The van der Waals surface area contributed by atoms with Crippen molar-refractivity contribution in [2.45, 2.75) is 13.3 Å². The zero-order valence-electron chi connectivity index (χ0n) is 13.4. The van der Waals surface area contributed by atoms with Gasteiger partial charge in [-0.15, -0.1) is 0 Å². The van der Waals surface area contributed by atoms with E-state index in [1.54, 1.807) is 6.92 Å². The lowest BCUT2D eigenvalue weighted by atomic mass is 10.2. The average Bonchev–Trinajstić information content (AvgIpc) is 2.54. The highest BCUT2D eigenvalue weighted by Crippen LogP contribution is 2.31. The molecule has 0 saturated carbocycles. The fraction of sp³-hybridized carbons (Fsp3) is 0.214. The Morgan fingerprint density at radius 1 is 1.23 bits per heavy atom. The number of carbonyl (C=O) groups excluding carboxylic acids is 1. The summed E-state index contributed by atoms with van der Waals surface area (Å²) in [5, 5.41) is 4.52. The van der Waals surface area contributed by atoms with Crippen molar-refractivity contribution in [3.8, 4) is 0 Å². The third-order valence-electron chi connectivity index (χ3n) is 2.94. The third-order valence-corrected chi connectivity index (χ3v) is 4.94. The SMILES string of the molecule is CCCS(=O)(=O)Nc1ccc(Cl)c(NC(=O)Nc2cc(Cl)ncn2)c1F. The Balaban J connectivity index is 2.20. The Kier molecular flexibility index (Phi) is 6.57. The summed E-state index contributed by atoms with van der Waals surface area (Å²) >= 11 is 11.6. The minimum absolute atomic E-state index is 0.0823. The normalized spacial score (nSPS) is 11.1. The van der Waals surface area contributed by atoms with E-state index in [0.717, 1.165) is 12.4 Å². The first kappa shape index (κ1) is 20.1. The van der Waals surface area contributed by atoms with E-state index in [2.05, 4.69) is 25.3 Å². The van der Waals surface area contributed by atoms with Crippen LogP contribution in [0.5, 0.6) is 0 Å². The minimum Gasteiger partial charge on any atom is -0.304 e. The molecule has 1 heterocycles. The summed E-state index contributed by atoms with van der Waals surface area (Å²) in [7, 11) is -3.71. The summed E-state index contributed by atoms with van der Waals surface area (Å²) in [6.07, 6.45) is 1.49. The van der Waals surface area contributed by atoms with E-state index in [9.17, 15) is 17.6 Å². The number of amides is 2. The highest BCUT2D eigenvalue weighted by Gasteiger charge is 2.19. The lowest BCUT2D eigenvalue weighted by Gasteiger charge is -2.13. The van der Waals surface area contributed by atoms with Crippen molar-refractivity contribution in [1.29, 1.82) is 0 Å². The molecule has 26 heavy (non-hydrogen) atoms. The number of hydrogen-bond donors (Lipinski definition) is 3. The summed E-state index contributed by atoms with van der Waals surface area (Å²) in [4.78, 5) is 19.4. The molecule has 0 radical (unpaired) electrons. The van der Waals surface area contributed by atoms with Gasteiger partial charge in [0.15, 0.2) is 5.82 Å². The van der Waals surface area contributed by atoms with E-state index >= 15 is 0 Å². The molecule has 12 heteroatoms. The number of aromatic nitrogens is 2. The summed E-state index contributed by atoms with van der Waals surface area (Å²) in [6, 6.07) is 2.85. The molecule has 0 aliphatic rings. The predicted molar refractivity (Wildman–Crippen MR) is 98.8 cm³/mol. The second kappa shape index (κ2) is 8.47. The molecule has 1 aromatic carbocycles. The molecule has 2 rings (SSSR count). The first-order chi connectivity index (χ1) is 12.2. The molecule has 1 aromatic heterocycles. The van der Waals surface area contributed by atoms with Crippen LogP contribution in [0.2, 0.25) is 10.2 Å². The van der Waals surface area contributed by atoms with Crippen molar-refractivity contribution in [2.75, 3.05) is 21.1 Å². The maximum absolute atomic E-state index is 14.6. The van der Waals surface area contributed by atoms with Gasteiger partial charge in [-0.3, -0.25) is 10.0 Å². The molecule has 0 aliphatic carbocycles. The van der Waals surface area contributed by atoms with Gasteiger partial charge in [0.05, 0.1) is 22.2 Å². The smallest absolute Gasteiger partial charge is 0.304 e. The lowest BCUT2D eigenvalue weighted by molar-refractivity contribution is 0.262. The quantitative estimate of drug-likeness (QED) is 0.615. The first-order valence-electron chi connectivity index (χ1n) is 7.26. The van der Waals surface area contributed by atoms with Crippen LogP contribution in [0.3, 0.4) is 0 Å². The molecule has 0 fully saturated rings. The van der Waals surface area contributed by atoms with Gasteiger partial charge in [-0.05, 0) is 18.6 Å². The Bertz CT molecular complexity index is 927. The number of anilines is 3. The van der Waals surface area contributed by atoms with Crippen LogP contribution in [0.1, 0.15) is 13.3 Å². The van der Waals surface area contributed by atoms with Crippen LogP contribution < -0.4 is 15.4 Å². The Hall–Kier alpha value is -2.17. The van der Waals surface area contributed by atoms with Gasteiger partial charge in [0, 0.05) is 6.07 Å². The highest BCUT2D eigenvalue weighted by molar-refractivity contribution is 7.92. The van der Waals surface area contributed by atoms with Crippen molar-refractivity contribution >= 4 is 56.4 Å². The van der Waals surface area contributed by atoms with Gasteiger partial charge in [-0.2, -0.15) is 0 Å². The van der Waals surface area contributed by atoms with Crippen LogP contribution in [0, 0.1) is 5.82 Å². The van der Waals surface area contributed by atoms with Crippen LogP contribution in [0.4, 0.5) is 26.4 Å². The minimum atomic E-state index is -3.71. The Morgan fingerprint density at radius 2 is 1.96 bits per heavy atom. The van der Waals surface area contributed by atoms with Crippen molar-refractivity contribution in [1.82, 2.24) is 9.97 Å². The van der Waals surface area contributed by atoms with Gasteiger partial charge >= 0.3 is 6.03 Å². The number of halogens is 3. The number of rotatable bonds is 6. The molecule has 2 aromatic rings. The fourth-order valence-corrected chi connectivity index (χ4v) is 3.37. The lowest BCUT2D eigenvalue weighted by Crippen LogP contribution is -2.22. The topological polar surface area (TPSA) is 113 Å². The first-order valence-corrected chi connectivity index (χ1v) is 9.66. The van der Waals surface area contributed by atoms with E-state index in [0.29, 0.717) is 6.42 Å². The van der Waals surface area contributed by atoms with Crippen molar-refractivity contribution in [2.24, 2.45) is 0 Å². The standard InChI is InChI=1S/C14H14Cl2FN5O3S/c1-2-5-26(24,25)22-9-4-3-8(15)13(12(9)17)21-14(23)20-11-6-10(16)18-7-19-11/h3-4,6-7,22H,2,5H2,1H3,(H2,18,19,20,21,23). The van der Waals surface area contributed by atoms with Crippen molar-refractivity contribution < 1.29 is 17.6 Å². The highest BCUT2D eigenvalue weighted by atomic mass is 35.5. The van der Waals surface area contributed by atoms with E-state index in [1.807, 2.05) is 0 Å². The molecule has 0 unspecified atom stereocenters. The predicted octanol–water partition coefficient (Wildman–Crippen LogP) is 3.72. The largest absolute Gasteiger partial charge is 0.324 e. The number of hydrogen-bond acceptors (Lipinski definition) is 5. The average molecular weight is 422 g/mol. The molecule has 0 atom stereocenters. The molecular weight excluding hydrogens is 408 g/mol. The van der Waals surface area contributed by atoms with Crippen LogP contribution >= 0.6 is 23.2 Å². The van der Waals surface area contributed by atoms with Crippen LogP contribution in [0.25, 0.3) is 0 Å². The number of benzene rings is 1. The van der Waals surface area contributed by atoms with Crippen LogP contribution in [-0.2, 0) is 10.0 Å². The van der Waals surface area contributed by atoms with E-state index in [1.165, 1.54) is 12.1 Å². The van der Waals surface area contributed by atoms with Gasteiger partial charge in [-0.1, -0.05) is 30.1 Å². The summed E-state index contributed by atoms with van der Waals surface area (Å²) in [5.74, 6) is -1.11. The van der Waals surface area contributed by atoms with Gasteiger partial charge < -0.3 is 5.32 Å². The van der Waals surface area contributed by atoms with Crippen molar-refractivity contribution in [3.63, 3.8) is 0 Å². The molecule has 0 spiro atoms. The number of nitrogens with zero attached hydrogens (tertiary/aromatic N) is 2. The maximum Gasteiger partial charge on any atom is 0.324 e. The van der Waals surface area contributed by atoms with Gasteiger partial charge in [0.25, 0.3) is 0 Å².